The highest BCUT2D eigenvalue weighted by molar-refractivity contribution is 7.88. The van der Waals surface area contributed by atoms with Crippen molar-refractivity contribution in [1.29, 1.82) is 0 Å². The van der Waals surface area contributed by atoms with Crippen LogP contribution in [0.2, 0.25) is 0 Å². The van der Waals surface area contributed by atoms with Crippen LogP contribution in [-0.2, 0) is 21.3 Å². The number of ether oxygens (including phenoxy) is 1. The van der Waals surface area contributed by atoms with Gasteiger partial charge in [-0.1, -0.05) is 6.07 Å². The van der Waals surface area contributed by atoms with Gasteiger partial charge in [0.05, 0.1) is 11.9 Å². The minimum Gasteiger partial charge on any atom is -0.373 e. The third-order valence-electron chi connectivity index (χ3n) is 4.23. The highest BCUT2D eigenvalue weighted by Crippen LogP contribution is 2.35. The predicted molar refractivity (Wildman–Crippen MR) is 83.9 cm³/mol. The Kier molecular flexibility index (Phi) is 4.38. The number of likely N-dealkylation sites (tertiary alicyclic amines) is 1. The molecule has 1 spiro atoms. The summed E-state index contributed by atoms with van der Waals surface area (Å²) in [6, 6.07) is 4.25. The van der Waals surface area contributed by atoms with Gasteiger partial charge in [-0.25, -0.2) is 13.1 Å². The van der Waals surface area contributed by atoms with E-state index >= 15 is 0 Å². The van der Waals surface area contributed by atoms with Crippen LogP contribution in [-0.4, -0.2) is 50.9 Å². The van der Waals surface area contributed by atoms with E-state index in [9.17, 15) is 8.42 Å². The Morgan fingerprint density at radius 2 is 2.43 bits per heavy atom. The highest BCUT2D eigenvalue weighted by atomic mass is 32.2. The van der Waals surface area contributed by atoms with Gasteiger partial charge in [0.15, 0.2) is 0 Å². The third kappa shape index (κ3) is 4.04. The van der Waals surface area contributed by atoms with Gasteiger partial charge in [0.25, 0.3) is 0 Å². The highest BCUT2D eigenvalue weighted by Gasteiger charge is 2.43. The van der Waals surface area contributed by atoms with E-state index in [1.807, 2.05) is 0 Å². The van der Waals surface area contributed by atoms with E-state index in [-0.39, 0.29) is 11.6 Å². The van der Waals surface area contributed by atoms with E-state index in [0.29, 0.717) is 6.61 Å². The molecule has 3 rings (SSSR count). The van der Waals surface area contributed by atoms with Crippen LogP contribution < -0.4 is 4.72 Å². The smallest absolute Gasteiger partial charge is 0.208 e. The number of nitrogens with zero attached hydrogens (tertiary/aromatic N) is 1. The van der Waals surface area contributed by atoms with E-state index in [0.717, 1.165) is 38.9 Å². The number of hydrogen-bond donors (Lipinski definition) is 1. The fourth-order valence-electron chi connectivity index (χ4n) is 3.40. The first-order valence-electron chi connectivity index (χ1n) is 7.30. The van der Waals surface area contributed by atoms with Gasteiger partial charge in [-0.15, -0.1) is 11.3 Å². The molecule has 1 aromatic heterocycles. The minimum absolute atomic E-state index is 0.00966. The Labute approximate surface area is 130 Å². The van der Waals surface area contributed by atoms with E-state index in [4.69, 9.17) is 4.74 Å². The molecule has 118 valence electrons. The van der Waals surface area contributed by atoms with Crippen molar-refractivity contribution in [3.8, 4) is 0 Å². The van der Waals surface area contributed by atoms with Crippen molar-refractivity contribution in [2.24, 2.45) is 0 Å². The van der Waals surface area contributed by atoms with Crippen LogP contribution in [0.25, 0.3) is 0 Å². The van der Waals surface area contributed by atoms with Gasteiger partial charge in [-0.05, 0) is 30.7 Å². The SMILES string of the molecule is CS(=O)(=O)N[C@H]1CCO[C@@]2(CCN(Cc3cccs3)C2)C1. The summed E-state index contributed by atoms with van der Waals surface area (Å²) in [5.41, 5.74) is -0.169. The van der Waals surface area contributed by atoms with Crippen molar-refractivity contribution in [2.75, 3.05) is 26.0 Å². The molecule has 2 fully saturated rings. The molecule has 0 aliphatic carbocycles. The fraction of sp³-hybridized carbons (Fsp3) is 0.714. The first-order valence-corrected chi connectivity index (χ1v) is 10.1. The zero-order valence-corrected chi connectivity index (χ0v) is 13.9. The van der Waals surface area contributed by atoms with Gasteiger partial charge >= 0.3 is 0 Å². The van der Waals surface area contributed by atoms with Crippen LogP contribution in [0.5, 0.6) is 0 Å². The van der Waals surface area contributed by atoms with Gasteiger partial charge in [-0.2, -0.15) is 0 Å². The van der Waals surface area contributed by atoms with Gasteiger partial charge in [0.2, 0.25) is 10.0 Å². The lowest BCUT2D eigenvalue weighted by molar-refractivity contribution is -0.0778. The molecular weight excluding hydrogens is 308 g/mol. The number of thiophene rings is 1. The third-order valence-corrected chi connectivity index (χ3v) is 5.85. The second-order valence-electron chi connectivity index (χ2n) is 6.15. The van der Waals surface area contributed by atoms with Gasteiger partial charge < -0.3 is 4.74 Å². The Balaban J connectivity index is 1.60. The number of hydrogen-bond acceptors (Lipinski definition) is 5. The van der Waals surface area contributed by atoms with E-state index in [2.05, 4.69) is 27.1 Å². The molecule has 0 bridgehead atoms. The lowest BCUT2D eigenvalue weighted by Crippen LogP contribution is -2.49. The molecule has 0 aromatic carbocycles. The van der Waals surface area contributed by atoms with Crippen molar-refractivity contribution in [3.63, 3.8) is 0 Å². The first kappa shape index (κ1) is 15.4. The van der Waals surface area contributed by atoms with Gasteiger partial charge in [0.1, 0.15) is 0 Å². The molecule has 1 aromatic rings. The summed E-state index contributed by atoms with van der Waals surface area (Å²) in [4.78, 5) is 3.78. The average Bonchev–Trinajstić information content (AvgIpc) is 2.99. The summed E-state index contributed by atoms with van der Waals surface area (Å²) < 4.78 is 31.6. The van der Waals surface area contributed by atoms with Crippen LogP contribution in [0.4, 0.5) is 0 Å². The molecule has 0 radical (unpaired) electrons. The van der Waals surface area contributed by atoms with Crippen molar-refractivity contribution < 1.29 is 13.2 Å². The van der Waals surface area contributed by atoms with E-state index < -0.39 is 10.0 Å². The second kappa shape index (κ2) is 5.96. The van der Waals surface area contributed by atoms with Crippen molar-refractivity contribution in [3.05, 3.63) is 22.4 Å². The number of sulfonamides is 1. The minimum atomic E-state index is -3.14. The Morgan fingerprint density at radius 3 is 3.14 bits per heavy atom. The Bertz CT molecular complexity index is 573. The molecule has 1 N–H and O–H groups in total. The summed E-state index contributed by atoms with van der Waals surface area (Å²) in [5, 5.41) is 2.10. The molecule has 2 aliphatic rings. The Morgan fingerprint density at radius 1 is 1.57 bits per heavy atom. The normalized spacial score (nSPS) is 31.0. The molecule has 2 saturated heterocycles. The zero-order valence-electron chi connectivity index (χ0n) is 12.2. The monoisotopic (exact) mass is 330 g/mol. The largest absolute Gasteiger partial charge is 0.373 e. The topological polar surface area (TPSA) is 58.6 Å². The lowest BCUT2D eigenvalue weighted by Gasteiger charge is -2.38. The fourth-order valence-corrected chi connectivity index (χ4v) is 4.95. The van der Waals surface area contributed by atoms with E-state index in [1.165, 1.54) is 11.1 Å². The summed E-state index contributed by atoms with van der Waals surface area (Å²) in [6.07, 6.45) is 3.76. The maximum absolute atomic E-state index is 11.4. The molecule has 5 nitrogen and oxygen atoms in total. The Hall–Kier alpha value is -0.470. The zero-order chi connectivity index (χ0) is 14.9. The summed E-state index contributed by atoms with van der Waals surface area (Å²) in [7, 11) is -3.14. The van der Waals surface area contributed by atoms with Crippen molar-refractivity contribution in [2.45, 2.75) is 37.5 Å². The summed E-state index contributed by atoms with van der Waals surface area (Å²) >= 11 is 1.78. The lowest BCUT2D eigenvalue weighted by atomic mass is 9.90. The van der Waals surface area contributed by atoms with Gasteiger partial charge in [-0.3, -0.25) is 4.90 Å². The summed E-state index contributed by atoms with van der Waals surface area (Å²) in [6.45, 7) is 3.52. The van der Waals surface area contributed by atoms with Crippen LogP contribution in [0.15, 0.2) is 17.5 Å². The molecule has 21 heavy (non-hydrogen) atoms. The average molecular weight is 330 g/mol. The molecule has 0 unspecified atom stereocenters. The molecular formula is C14H22N2O3S2. The number of rotatable bonds is 4. The van der Waals surface area contributed by atoms with Crippen LogP contribution in [0.3, 0.4) is 0 Å². The molecule has 2 atom stereocenters. The maximum atomic E-state index is 11.4. The molecule has 3 heterocycles. The van der Waals surface area contributed by atoms with Crippen molar-refractivity contribution >= 4 is 21.4 Å². The number of nitrogens with one attached hydrogen (secondary N) is 1. The second-order valence-corrected chi connectivity index (χ2v) is 8.96. The van der Waals surface area contributed by atoms with Crippen molar-refractivity contribution in [1.82, 2.24) is 9.62 Å². The van der Waals surface area contributed by atoms with Gasteiger partial charge in [0, 0.05) is 37.2 Å². The molecule has 0 amide bonds. The molecule has 2 aliphatic heterocycles. The van der Waals surface area contributed by atoms with Crippen LogP contribution in [0, 0.1) is 0 Å². The first-order chi connectivity index (χ1) is 9.94. The summed E-state index contributed by atoms with van der Waals surface area (Å²) in [5.74, 6) is 0. The van der Waals surface area contributed by atoms with E-state index in [1.54, 1.807) is 11.3 Å². The predicted octanol–water partition coefficient (Wildman–Crippen LogP) is 1.42. The van der Waals surface area contributed by atoms with Crippen LogP contribution in [0.1, 0.15) is 24.1 Å². The van der Waals surface area contributed by atoms with Crippen LogP contribution >= 0.6 is 11.3 Å². The maximum Gasteiger partial charge on any atom is 0.208 e. The molecule has 7 heteroatoms. The quantitative estimate of drug-likeness (QED) is 0.907. The standard InChI is InChI=1S/C14H22N2O3S2/c1-21(17,18)15-12-4-7-19-14(9-12)5-6-16(11-14)10-13-3-2-8-20-13/h2-3,8,12,15H,4-7,9-11H2,1H3/t12-,14-/m0/s1. The molecule has 0 saturated carbocycles.